The number of carbonyl (C=O) groups excluding carboxylic acids is 1. The standard InChI is InChI=1S/C15H19N5OS/c1-19(2)12-6-3-5-11(9-12)13-7-4-8-20(13)15(21)17-14-10-16-18-22-14/h3,5-6,9-10,13H,4,7-8H2,1-2H3,(H,17,21). The Labute approximate surface area is 133 Å². The van der Waals surface area contributed by atoms with E-state index in [-0.39, 0.29) is 12.1 Å². The van der Waals surface area contributed by atoms with Crippen LogP contribution < -0.4 is 10.2 Å². The van der Waals surface area contributed by atoms with Crippen LogP contribution in [0.25, 0.3) is 0 Å². The summed E-state index contributed by atoms with van der Waals surface area (Å²) >= 11 is 1.19. The molecule has 2 aromatic rings. The molecule has 1 aliphatic rings. The van der Waals surface area contributed by atoms with Gasteiger partial charge in [0.2, 0.25) is 0 Å². The predicted molar refractivity (Wildman–Crippen MR) is 88.4 cm³/mol. The minimum absolute atomic E-state index is 0.0798. The third-order valence-corrected chi connectivity index (χ3v) is 4.46. The number of urea groups is 1. The van der Waals surface area contributed by atoms with Crippen molar-refractivity contribution in [2.24, 2.45) is 0 Å². The molecule has 1 saturated heterocycles. The van der Waals surface area contributed by atoms with Crippen LogP contribution in [0.15, 0.2) is 30.5 Å². The highest BCUT2D eigenvalue weighted by atomic mass is 32.1. The van der Waals surface area contributed by atoms with Gasteiger partial charge in [-0.15, -0.1) is 5.10 Å². The molecule has 2 amide bonds. The van der Waals surface area contributed by atoms with Crippen LogP contribution in [0.3, 0.4) is 0 Å². The fraction of sp³-hybridized carbons (Fsp3) is 0.400. The molecule has 0 radical (unpaired) electrons. The second-order valence-corrected chi connectivity index (χ2v) is 6.34. The van der Waals surface area contributed by atoms with Gasteiger partial charge in [-0.2, -0.15) is 0 Å². The van der Waals surface area contributed by atoms with Crippen LogP contribution in [0.4, 0.5) is 15.5 Å². The van der Waals surface area contributed by atoms with Crippen LogP contribution in [0, 0.1) is 0 Å². The highest BCUT2D eigenvalue weighted by Gasteiger charge is 2.30. The zero-order chi connectivity index (χ0) is 15.5. The Morgan fingerprint density at radius 3 is 3.05 bits per heavy atom. The molecule has 0 aliphatic carbocycles. The van der Waals surface area contributed by atoms with Crippen LogP contribution in [0.1, 0.15) is 24.4 Å². The summed E-state index contributed by atoms with van der Waals surface area (Å²) in [5.41, 5.74) is 2.33. The minimum Gasteiger partial charge on any atom is -0.378 e. The van der Waals surface area contributed by atoms with Gasteiger partial charge in [0.25, 0.3) is 0 Å². The van der Waals surface area contributed by atoms with Crippen molar-refractivity contribution in [2.75, 3.05) is 30.9 Å². The molecule has 1 unspecified atom stereocenters. The Hall–Kier alpha value is -2.15. The monoisotopic (exact) mass is 317 g/mol. The van der Waals surface area contributed by atoms with Crippen molar-refractivity contribution in [2.45, 2.75) is 18.9 Å². The van der Waals surface area contributed by atoms with Crippen molar-refractivity contribution < 1.29 is 4.79 Å². The molecule has 116 valence electrons. The number of likely N-dealkylation sites (tertiary alicyclic amines) is 1. The highest BCUT2D eigenvalue weighted by Crippen LogP contribution is 2.33. The van der Waals surface area contributed by atoms with Gasteiger partial charge in [0.1, 0.15) is 5.00 Å². The maximum Gasteiger partial charge on any atom is 0.323 e. The Morgan fingerprint density at radius 1 is 1.45 bits per heavy atom. The lowest BCUT2D eigenvalue weighted by atomic mass is 10.0. The Morgan fingerprint density at radius 2 is 2.32 bits per heavy atom. The van der Waals surface area contributed by atoms with Crippen molar-refractivity contribution in [1.82, 2.24) is 14.5 Å². The van der Waals surface area contributed by atoms with Gasteiger partial charge < -0.3 is 9.80 Å². The molecule has 2 heterocycles. The van der Waals surface area contributed by atoms with Gasteiger partial charge in [0.15, 0.2) is 0 Å². The Bertz CT molecular complexity index is 643. The van der Waals surface area contributed by atoms with Crippen LogP contribution >= 0.6 is 11.5 Å². The zero-order valence-corrected chi connectivity index (χ0v) is 13.5. The number of anilines is 2. The van der Waals surface area contributed by atoms with E-state index in [1.807, 2.05) is 25.1 Å². The topological polar surface area (TPSA) is 61.4 Å². The number of nitrogens with zero attached hydrogens (tertiary/aromatic N) is 4. The molecule has 1 aromatic heterocycles. The molecule has 1 aromatic carbocycles. The number of aromatic nitrogens is 2. The molecule has 0 saturated carbocycles. The van der Waals surface area contributed by atoms with E-state index in [1.165, 1.54) is 17.1 Å². The minimum atomic E-state index is -0.0798. The lowest BCUT2D eigenvalue weighted by Gasteiger charge is -2.26. The summed E-state index contributed by atoms with van der Waals surface area (Å²) in [7, 11) is 4.05. The molecule has 6 nitrogen and oxygen atoms in total. The molecule has 0 spiro atoms. The fourth-order valence-corrected chi connectivity index (χ4v) is 3.18. The number of rotatable bonds is 3. The van der Waals surface area contributed by atoms with E-state index in [2.05, 4.69) is 38.0 Å². The Balaban J connectivity index is 1.78. The quantitative estimate of drug-likeness (QED) is 0.945. The van der Waals surface area contributed by atoms with E-state index in [0.717, 1.165) is 25.1 Å². The van der Waals surface area contributed by atoms with Crippen LogP contribution in [0.5, 0.6) is 0 Å². The van der Waals surface area contributed by atoms with E-state index in [0.29, 0.717) is 5.00 Å². The summed E-state index contributed by atoms with van der Waals surface area (Å²) in [6.07, 6.45) is 3.58. The first-order valence-corrected chi connectivity index (χ1v) is 8.05. The smallest absolute Gasteiger partial charge is 0.323 e. The number of hydrogen-bond acceptors (Lipinski definition) is 5. The fourth-order valence-electron chi connectivity index (χ4n) is 2.77. The summed E-state index contributed by atoms with van der Waals surface area (Å²) in [5, 5.41) is 7.29. The molecular weight excluding hydrogens is 298 g/mol. The lowest BCUT2D eigenvalue weighted by molar-refractivity contribution is 0.207. The number of benzene rings is 1. The van der Waals surface area contributed by atoms with Crippen molar-refractivity contribution in [1.29, 1.82) is 0 Å². The van der Waals surface area contributed by atoms with E-state index in [4.69, 9.17) is 0 Å². The van der Waals surface area contributed by atoms with E-state index < -0.39 is 0 Å². The molecule has 0 bridgehead atoms. The van der Waals surface area contributed by atoms with Crippen LogP contribution in [0.2, 0.25) is 0 Å². The second-order valence-electron chi connectivity index (χ2n) is 5.55. The summed E-state index contributed by atoms with van der Waals surface area (Å²) in [6.45, 7) is 0.773. The second kappa shape index (κ2) is 6.31. The average molecular weight is 317 g/mol. The molecule has 22 heavy (non-hydrogen) atoms. The van der Waals surface area contributed by atoms with Gasteiger partial charge in [-0.25, -0.2) is 4.79 Å². The highest BCUT2D eigenvalue weighted by molar-refractivity contribution is 7.10. The first-order chi connectivity index (χ1) is 10.6. The molecule has 1 aliphatic heterocycles. The largest absolute Gasteiger partial charge is 0.378 e. The van der Waals surface area contributed by atoms with Crippen molar-refractivity contribution in [3.63, 3.8) is 0 Å². The number of amides is 2. The first kappa shape index (κ1) is 14.8. The van der Waals surface area contributed by atoms with Gasteiger partial charge >= 0.3 is 6.03 Å². The average Bonchev–Trinajstić information content (AvgIpc) is 3.18. The number of nitrogens with one attached hydrogen (secondary N) is 1. The molecule has 7 heteroatoms. The maximum atomic E-state index is 12.5. The molecule has 1 fully saturated rings. The first-order valence-electron chi connectivity index (χ1n) is 7.27. The maximum absolute atomic E-state index is 12.5. The Kier molecular flexibility index (Phi) is 4.24. The summed E-state index contributed by atoms with van der Waals surface area (Å²) < 4.78 is 3.76. The lowest BCUT2D eigenvalue weighted by Crippen LogP contribution is -2.34. The van der Waals surface area contributed by atoms with Gasteiger partial charge in [0.05, 0.1) is 12.2 Å². The van der Waals surface area contributed by atoms with Crippen LogP contribution in [-0.4, -0.2) is 41.2 Å². The summed E-state index contributed by atoms with van der Waals surface area (Å²) in [4.78, 5) is 16.4. The van der Waals surface area contributed by atoms with Crippen molar-refractivity contribution >= 4 is 28.3 Å². The normalized spacial score (nSPS) is 17.5. The SMILES string of the molecule is CN(C)c1cccc(C2CCCN2C(=O)Nc2cnns2)c1. The molecular formula is C15H19N5OS. The molecule has 1 atom stereocenters. The van der Waals surface area contributed by atoms with Gasteiger partial charge in [-0.3, -0.25) is 5.32 Å². The third-order valence-electron chi connectivity index (χ3n) is 3.88. The third kappa shape index (κ3) is 3.04. The predicted octanol–water partition coefficient (Wildman–Crippen LogP) is 2.97. The van der Waals surface area contributed by atoms with Gasteiger partial charge in [-0.05, 0) is 30.5 Å². The zero-order valence-electron chi connectivity index (χ0n) is 12.7. The van der Waals surface area contributed by atoms with E-state index >= 15 is 0 Å². The summed E-state index contributed by atoms with van der Waals surface area (Å²) in [6, 6.07) is 8.42. The van der Waals surface area contributed by atoms with Crippen molar-refractivity contribution in [3.05, 3.63) is 36.0 Å². The number of carbonyl (C=O) groups is 1. The van der Waals surface area contributed by atoms with Crippen molar-refractivity contribution in [3.8, 4) is 0 Å². The molecule has 3 rings (SSSR count). The van der Waals surface area contributed by atoms with E-state index in [1.54, 1.807) is 6.20 Å². The summed E-state index contributed by atoms with van der Waals surface area (Å²) in [5.74, 6) is 0. The van der Waals surface area contributed by atoms with Gasteiger partial charge in [-0.1, -0.05) is 16.6 Å². The number of hydrogen-bond donors (Lipinski definition) is 1. The molecule has 1 N–H and O–H groups in total. The van der Waals surface area contributed by atoms with Gasteiger partial charge in [0, 0.05) is 37.9 Å². The van der Waals surface area contributed by atoms with Crippen LogP contribution in [-0.2, 0) is 0 Å². The van der Waals surface area contributed by atoms with E-state index in [9.17, 15) is 4.79 Å².